The molecule has 2 aromatic rings. The normalized spacial score (nSPS) is 11.6. The second-order valence-corrected chi connectivity index (χ2v) is 6.47. The molecule has 132 valence electrons. The summed E-state index contributed by atoms with van der Waals surface area (Å²) in [7, 11) is 1.43. The highest BCUT2D eigenvalue weighted by atomic mass is 79.9. The maximum Gasteiger partial charge on any atom is 0.352 e. The molecule has 0 N–H and O–H groups in total. The molecule has 0 bridgehead atoms. The molecular weight excluding hydrogens is 412 g/mol. The Labute approximate surface area is 159 Å². The van der Waals surface area contributed by atoms with Crippen LogP contribution in [0.2, 0.25) is 5.02 Å². The Kier molecular flexibility index (Phi) is 6.45. The summed E-state index contributed by atoms with van der Waals surface area (Å²) in [5, 5.41) is 0.546. The molecule has 7 heteroatoms. The Morgan fingerprint density at radius 3 is 2.36 bits per heavy atom. The van der Waals surface area contributed by atoms with Gasteiger partial charge in [0, 0.05) is 10.6 Å². The minimum atomic E-state index is -0.866. The molecule has 2 rings (SSSR count). The van der Waals surface area contributed by atoms with Gasteiger partial charge in [0.25, 0.3) is 0 Å². The lowest BCUT2D eigenvalue weighted by atomic mass is 10.1. The van der Waals surface area contributed by atoms with Gasteiger partial charge in [-0.2, -0.15) is 0 Å². The van der Waals surface area contributed by atoms with Crippen LogP contribution in [0.4, 0.5) is 0 Å². The fraction of sp³-hybridized carbons (Fsp3) is 0.222. The molecular formula is C18H16BrClO5. The third-order valence-corrected chi connectivity index (χ3v) is 4.17. The Hall–Kier alpha value is -2.05. The van der Waals surface area contributed by atoms with Crippen LogP contribution in [0.5, 0.6) is 17.2 Å². The Balaban J connectivity index is 2.11. The molecule has 0 fully saturated rings. The van der Waals surface area contributed by atoms with Crippen LogP contribution in [0, 0.1) is 0 Å². The van der Waals surface area contributed by atoms with Gasteiger partial charge in [0.15, 0.2) is 23.4 Å². The van der Waals surface area contributed by atoms with E-state index in [1.165, 1.54) is 26.2 Å². The first-order valence-electron chi connectivity index (χ1n) is 7.34. The van der Waals surface area contributed by atoms with Crippen molar-refractivity contribution < 1.29 is 23.8 Å². The zero-order valence-corrected chi connectivity index (χ0v) is 16.2. The predicted molar refractivity (Wildman–Crippen MR) is 97.9 cm³/mol. The second kappa shape index (κ2) is 8.36. The molecule has 25 heavy (non-hydrogen) atoms. The van der Waals surface area contributed by atoms with E-state index in [1.54, 1.807) is 31.2 Å². The van der Waals surface area contributed by atoms with E-state index in [0.29, 0.717) is 26.6 Å². The molecule has 5 nitrogen and oxygen atoms in total. The first-order chi connectivity index (χ1) is 11.8. The number of Topliss-reactive ketones (excluding diaryl/α,β-unsaturated/α-hetero) is 1. The van der Waals surface area contributed by atoms with Crippen molar-refractivity contribution in [2.75, 3.05) is 7.11 Å². The smallest absolute Gasteiger partial charge is 0.352 e. The van der Waals surface area contributed by atoms with Crippen LogP contribution in [0.3, 0.4) is 0 Å². The standard InChI is InChI=1S/C18H16BrClO5/c1-10(21)12-4-6-16(17(8-12)23-3)25-18(22)11(2)24-15-7-5-13(20)9-14(15)19/h4-9,11H,1-3H3. The maximum absolute atomic E-state index is 12.3. The van der Waals surface area contributed by atoms with Crippen molar-refractivity contribution in [3.63, 3.8) is 0 Å². The van der Waals surface area contributed by atoms with Crippen LogP contribution in [0.25, 0.3) is 0 Å². The zero-order valence-electron chi connectivity index (χ0n) is 13.8. The number of carbonyl (C=O) groups excluding carboxylic acids is 2. The number of carbonyl (C=O) groups is 2. The zero-order chi connectivity index (χ0) is 18.6. The lowest BCUT2D eigenvalue weighted by molar-refractivity contribution is -0.141. The molecule has 1 atom stereocenters. The summed E-state index contributed by atoms with van der Waals surface area (Å²) in [6.45, 7) is 3.01. The number of halogens is 2. The number of esters is 1. The molecule has 0 amide bonds. The van der Waals surface area contributed by atoms with Crippen LogP contribution in [-0.4, -0.2) is 25.0 Å². The lowest BCUT2D eigenvalue weighted by Gasteiger charge is -2.16. The average molecular weight is 428 g/mol. The van der Waals surface area contributed by atoms with E-state index in [2.05, 4.69) is 15.9 Å². The fourth-order valence-corrected chi connectivity index (χ4v) is 2.75. The monoisotopic (exact) mass is 426 g/mol. The SMILES string of the molecule is COc1cc(C(C)=O)ccc1OC(=O)C(C)Oc1ccc(Cl)cc1Br. The summed E-state index contributed by atoms with van der Waals surface area (Å²) >= 11 is 9.20. The van der Waals surface area contributed by atoms with Gasteiger partial charge in [-0.05, 0) is 66.2 Å². The number of ketones is 1. The summed E-state index contributed by atoms with van der Waals surface area (Å²) in [6.07, 6.45) is -0.866. The van der Waals surface area contributed by atoms with Crippen molar-refractivity contribution in [3.8, 4) is 17.2 Å². The van der Waals surface area contributed by atoms with Gasteiger partial charge >= 0.3 is 5.97 Å². The number of hydrogen-bond donors (Lipinski definition) is 0. The number of benzene rings is 2. The van der Waals surface area contributed by atoms with Crippen molar-refractivity contribution in [1.29, 1.82) is 0 Å². The number of rotatable bonds is 6. The van der Waals surface area contributed by atoms with E-state index in [1.807, 2.05) is 0 Å². The van der Waals surface area contributed by atoms with Gasteiger partial charge < -0.3 is 14.2 Å². The molecule has 0 saturated carbocycles. The molecule has 0 aromatic heterocycles. The van der Waals surface area contributed by atoms with E-state index in [0.717, 1.165) is 0 Å². The van der Waals surface area contributed by atoms with Gasteiger partial charge in [0.05, 0.1) is 11.6 Å². The van der Waals surface area contributed by atoms with Gasteiger partial charge in [-0.15, -0.1) is 0 Å². The molecule has 0 aliphatic rings. The molecule has 0 saturated heterocycles. The van der Waals surface area contributed by atoms with E-state index in [4.69, 9.17) is 25.8 Å². The predicted octanol–water partition coefficient (Wildman–Crippen LogP) is 4.69. The summed E-state index contributed by atoms with van der Waals surface area (Å²) in [4.78, 5) is 23.7. The van der Waals surface area contributed by atoms with Crippen molar-refractivity contribution in [3.05, 3.63) is 51.5 Å². The quantitative estimate of drug-likeness (QED) is 0.380. The summed E-state index contributed by atoms with van der Waals surface area (Å²) in [5.41, 5.74) is 0.464. The first-order valence-corrected chi connectivity index (χ1v) is 8.51. The molecule has 0 aliphatic heterocycles. The molecule has 2 aromatic carbocycles. The molecule has 0 spiro atoms. The van der Waals surface area contributed by atoms with E-state index < -0.39 is 12.1 Å². The average Bonchev–Trinajstić information content (AvgIpc) is 2.57. The molecule has 1 unspecified atom stereocenters. The van der Waals surface area contributed by atoms with E-state index in [-0.39, 0.29) is 11.5 Å². The Bertz CT molecular complexity index is 806. The highest BCUT2D eigenvalue weighted by Crippen LogP contribution is 2.31. The van der Waals surface area contributed by atoms with Crippen molar-refractivity contribution in [1.82, 2.24) is 0 Å². The third-order valence-electron chi connectivity index (χ3n) is 3.31. The molecule has 0 aliphatic carbocycles. The van der Waals surface area contributed by atoms with E-state index in [9.17, 15) is 9.59 Å². The van der Waals surface area contributed by atoms with Gasteiger partial charge in [0.1, 0.15) is 5.75 Å². The van der Waals surface area contributed by atoms with Crippen LogP contribution < -0.4 is 14.2 Å². The Morgan fingerprint density at radius 1 is 1.08 bits per heavy atom. The van der Waals surface area contributed by atoms with E-state index >= 15 is 0 Å². The summed E-state index contributed by atoms with van der Waals surface area (Å²) in [5.74, 6) is 0.257. The largest absolute Gasteiger partial charge is 0.493 e. The van der Waals surface area contributed by atoms with Crippen LogP contribution in [-0.2, 0) is 4.79 Å². The number of methoxy groups -OCH3 is 1. The third kappa shape index (κ3) is 4.96. The van der Waals surface area contributed by atoms with Gasteiger partial charge in [-0.3, -0.25) is 4.79 Å². The fourth-order valence-electron chi connectivity index (χ4n) is 1.97. The molecule has 0 heterocycles. The van der Waals surface area contributed by atoms with Gasteiger partial charge in [0.2, 0.25) is 0 Å². The number of hydrogen-bond acceptors (Lipinski definition) is 5. The van der Waals surface area contributed by atoms with Crippen LogP contribution in [0.15, 0.2) is 40.9 Å². The second-order valence-electron chi connectivity index (χ2n) is 5.18. The van der Waals surface area contributed by atoms with Crippen molar-refractivity contribution in [2.24, 2.45) is 0 Å². The van der Waals surface area contributed by atoms with Crippen LogP contribution in [0.1, 0.15) is 24.2 Å². The minimum Gasteiger partial charge on any atom is -0.493 e. The summed E-state index contributed by atoms with van der Waals surface area (Å²) < 4.78 is 16.7. The maximum atomic E-state index is 12.3. The van der Waals surface area contributed by atoms with Gasteiger partial charge in [-0.1, -0.05) is 11.6 Å². The van der Waals surface area contributed by atoms with Crippen molar-refractivity contribution in [2.45, 2.75) is 20.0 Å². The first kappa shape index (κ1) is 19.3. The lowest BCUT2D eigenvalue weighted by Crippen LogP contribution is -2.28. The van der Waals surface area contributed by atoms with Crippen molar-refractivity contribution >= 4 is 39.3 Å². The molecule has 0 radical (unpaired) electrons. The highest BCUT2D eigenvalue weighted by molar-refractivity contribution is 9.10. The minimum absolute atomic E-state index is 0.111. The number of ether oxygens (including phenoxy) is 3. The van der Waals surface area contributed by atoms with Gasteiger partial charge in [-0.25, -0.2) is 4.79 Å². The Morgan fingerprint density at radius 2 is 1.76 bits per heavy atom. The summed E-state index contributed by atoms with van der Waals surface area (Å²) in [6, 6.07) is 9.57. The van der Waals surface area contributed by atoms with Crippen LogP contribution >= 0.6 is 27.5 Å². The highest BCUT2D eigenvalue weighted by Gasteiger charge is 2.20. The topological polar surface area (TPSA) is 61.8 Å².